The molecule has 1 aliphatic rings. The molecule has 0 saturated carbocycles. The molecule has 10 heteroatoms. The fourth-order valence-electron chi connectivity index (χ4n) is 1.99. The normalized spacial score (nSPS) is 17.3. The quantitative estimate of drug-likeness (QED) is 0.610. The maximum Gasteiger partial charge on any atom is 0.300 e. The van der Waals surface area contributed by atoms with E-state index in [1.54, 1.807) is 7.05 Å². The van der Waals surface area contributed by atoms with Gasteiger partial charge < -0.3 is 10.2 Å². The molecule has 0 aromatic carbocycles. The molecule has 1 amide bonds. The maximum atomic E-state index is 12.4. The number of sulfone groups is 1. The summed E-state index contributed by atoms with van der Waals surface area (Å²) in [6.45, 7) is 0.0745. The molecule has 2 rings (SSSR count). The van der Waals surface area contributed by atoms with Crippen molar-refractivity contribution in [1.29, 1.82) is 0 Å². The van der Waals surface area contributed by atoms with Crippen LogP contribution in [0.25, 0.3) is 0 Å². The highest BCUT2D eigenvalue weighted by atomic mass is 32.2. The van der Waals surface area contributed by atoms with Gasteiger partial charge in [0.2, 0.25) is 0 Å². The lowest BCUT2D eigenvalue weighted by molar-refractivity contribution is -0.385. The summed E-state index contributed by atoms with van der Waals surface area (Å²) in [7, 11) is -1.54. The Morgan fingerprint density at radius 1 is 1.43 bits per heavy atom. The second-order valence-corrected chi connectivity index (χ2v) is 6.84. The van der Waals surface area contributed by atoms with Gasteiger partial charge in [-0.05, 0) is 0 Å². The van der Waals surface area contributed by atoms with Crippen LogP contribution in [0.3, 0.4) is 0 Å². The van der Waals surface area contributed by atoms with Gasteiger partial charge in [-0.3, -0.25) is 14.9 Å². The van der Waals surface area contributed by atoms with Crippen molar-refractivity contribution in [2.45, 2.75) is 0 Å². The predicted molar refractivity (Wildman–Crippen MR) is 75.0 cm³/mol. The first kappa shape index (κ1) is 15.2. The number of anilines is 1. The summed E-state index contributed by atoms with van der Waals surface area (Å²) in [6.07, 6.45) is 1.01. The van der Waals surface area contributed by atoms with Crippen LogP contribution in [0.5, 0.6) is 0 Å². The van der Waals surface area contributed by atoms with Gasteiger partial charge in [-0.2, -0.15) is 0 Å². The molecule has 1 aromatic heterocycles. The Labute approximate surface area is 121 Å². The molecule has 0 spiro atoms. The summed E-state index contributed by atoms with van der Waals surface area (Å²) in [6, 6.07) is 1.30. The number of carbonyl (C=O) groups is 1. The van der Waals surface area contributed by atoms with Crippen LogP contribution >= 0.6 is 0 Å². The second-order valence-electron chi connectivity index (χ2n) is 4.54. The van der Waals surface area contributed by atoms with Crippen molar-refractivity contribution >= 4 is 27.2 Å². The summed E-state index contributed by atoms with van der Waals surface area (Å²) in [5.41, 5.74) is -0.494. The van der Waals surface area contributed by atoms with Crippen molar-refractivity contribution in [2.24, 2.45) is 0 Å². The molecule has 0 aliphatic carbocycles. The average molecular weight is 314 g/mol. The Morgan fingerprint density at radius 2 is 2.05 bits per heavy atom. The summed E-state index contributed by atoms with van der Waals surface area (Å²) in [5.74, 6) is -0.489. The fraction of sp³-hybridized carbons (Fsp3) is 0.455. The molecule has 0 atom stereocenters. The van der Waals surface area contributed by atoms with E-state index in [-0.39, 0.29) is 30.2 Å². The lowest BCUT2D eigenvalue weighted by Gasteiger charge is -2.26. The SMILES string of the molecule is CNc1cc(C(=O)N2CCS(=O)(=O)CC2)c([N+](=O)[O-])cn1. The van der Waals surface area contributed by atoms with Crippen molar-refractivity contribution in [3.8, 4) is 0 Å². The highest BCUT2D eigenvalue weighted by Crippen LogP contribution is 2.22. The third kappa shape index (κ3) is 3.27. The van der Waals surface area contributed by atoms with Crippen LogP contribution < -0.4 is 5.32 Å². The molecular formula is C11H14N4O5S. The Balaban J connectivity index is 2.32. The fourth-order valence-corrected chi connectivity index (χ4v) is 3.19. The highest BCUT2D eigenvalue weighted by molar-refractivity contribution is 7.91. The maximum absolute atomic E-state index is 12.4. The third-order valence-corrected chi connectivity index (χ3v) is 4.81. The van der Waals surface area contributed by atoms with Gasteiger partial charge in [0, 0.05) is 26.2 Å². The molecule has 9 nitrogen and oxygen atoms in total. The van der Waals surface area contributed by atoms with Crippen LogP contribution in [0.2, 0.25) is 0 Å². The lowest BCUT2D eigenvalue weighted by Crippen LogP contribution is -2.43. The first-order valence-electron chi connectivity index (χ1n) is 6.16. The first-order chi connectivity index (χ1) is 9.84. The number of hydrogen-bond acceptors (Lipinski definition) is 7. The summed E-state index contributed by atoms with van der Waals surface area (Å²) < 4.78 is 22.7. The molecule has 0 bridgehead atoms. The van der Waals surface area contributed by atoms with Crippen LogP contribution in [0.15, 0.2) is 12.3 Å². The Bertz CT molecular complexity index is 674. The van der Waals surface area contributed by atoms with Crippen molar-refractivity contribution in [2.75, 3.05) is 37.0 Å². The van der Waals surface area contributed by atoms with E-state index < -0.39 is 26.4 Å². The molecule has 0 radical (unpaired) electrons. The molecule has 1 saturated heterocycles. The summed E-state index contributed by atoms with van der Waals surface area (Å²) >= 11 is 0. The van der Waals surface area contributed by atoms with Crippen molar-refractivity contribution in [1.82, 2.24) is 9.88 Å². The predicted octanol–water partition coefficient (Wildman–Crippen LogP) is -0.0979. The molecule has 0 unspecified atom stereocenters. The number of nitro groups is 1. The molecule has 1 aromatic rings. The zero-order valence-electron chi connectivity index (χ0n) is 11.3. The van der Waals surface area contributed by atoms with E-state index in [4.69, 9.17) is 0 Å². The van der Waals surface area contributed by atoms with E-state index in [0.717, 1.165) is 6.20 Å². The molecule has 2 heterocycles. The highest BCUT2D eigenvalue weighted by Gasteiger charge is 2.30. The molecule has 1 fully saturated rings. The van der Waals surface area contributed by atoms with Gasteiger partial charge in [-0.15, -0.1) is 0 Å². The van der Waals surface area contributed by atoms with E-state index in [9.17, 15) is 23.3 Å². The largest absolute Gasteiger partial charge is 0.373 e. The number of hydrogen-bond donors (Lipinski definition) is 1. The molecule has 21 heavy (non-hydrogen) atoms. The van der Waals surface area contributed by atoms with Gasteiger partial charge in [0.1, 0.15) is 17.6 Å². The molecule has 114 valence electrons. The molecular weight excluding hydrogens is 300 g/mol. The van der Waals surface area contributed by atoms with Gasteiger partial charge in [-0.25, -0.2) is 13.4 Å². The number of rotatable bonds is 3. The number of aromatic nitrogens is 1. The number of carbonyl (C=O) groups excluding carboxylic acids is 1. The van der Waals surface area contributed by atoms with Crippen LogP contribution in [0.1, 0.15) is 10.4 Å². The zero-order chi connectivity index (χ0) is 15.6. The summed E-state index contributed by atoms with van der Waals surface area (Å²) in [4.78, 5) is 27.8. The average Bonchev–Trinajstić information content (AvgIpc) is 2.45. The Morgan fingerprint density at radius 3 is 2.57 bits per heavy atom. The number of amides is 1. The van der Waals surface area contributed by atoms with Crippen molar-refractivity contribution in [3.63, 3.8) is 0 Å². The monoisotopic (exact) mass is 314 g/mol. The van der Waals surface area contributed by atoms with Crippen LogP contribution in [0, 0.1) is 10.1 Å². The second kappa shape index (κ2) is 5.64. The number of nitrogens with one attached hydrogen (secondary N) is 1. The smallest absolute Gasteiger partial charge is 0.300 e. The topological polar surface area (TPSA) is 123 Å². The van der Waals surface area contributed by atoms with Gasteiger partial charge in [0.15, 0.2) is 9.84 Å². The first-order valence-corrected chi connectivity index (χ1v) is 7.98. The Kier molecular flexibility index (Phi) is 4.07. The van der Waals surface area contributed by atoms with Crippen molar-refractivity contribution < 1.29 is 18.1 Å². The minimum absolute atomic E-state index is 0.0372. The molecule has 1 N–H and O–H groups in total. The summed E-state index contributed by atoms with van der Waals surface area (Å²) in [5, 5.41) is 13.7. The number of pyridine rings is 1. The van der Waals surface area contributed by atoms with E-state index in [2.05, 4.69) is 10.3 Å². The van der Waals surface area contributed by atoms with E-state index in [0.29, 0.717) is 5.82 Å². The van der Waals surface area contributed by atoms with E-state index >= 15 is 0 Å². The minimum Gasteiger partial charge on any atom is -0.373 e. The molecule has 1 aliphatic heterocycles. The lowest BCUT2D eigenvalue weighted by atomic mass is 10.2. The minimum atomic E-state index is -3.12. The standard InChI is InChI=1S/C11H14N4O5S/c1-12-10-6-8(9(7-13-10)15(17)18)11(16)14-2-4-21(19,20)5-3-14/h6-7H,2-5H2,1H3,(H,12,13). The van der Waals surface area contributed by atoms with Crippen molar-refractivity contribution in [3.05, 3.63) is 27.9 Å². The van der Waals surface area contributed by atoms with Gasteiger partial charge in [0.05, 0.1) is 16.4 Å². The van der Waals surface area contributed by atoms with Gasteiger partial charge in [-0.1, -0.05) is 0 Å². The van der Waals surface area contributed by atoms with Gasteiger partial charge in [0.25, 0.3) is 11.6 Å². The van der Waals surface area contributed by atoms with Crippen LogP contribution in [-0.2, 0) is 9.84 Å². The third-order valence-electron chi connectivity index (χ3n) is 3.20. The van der Waals surface area contributed by atoms with Gasteiger partial charge >= 0.3 is 0 Å². The van der Waals surface area contributed by atoms with E-state index in [1.807, 2.05) is 0 Å². The van der Waals surface area contributed by atoms with Crippen LogP contribution in [-0.4, -0.2) is 60.8 Å². The zero-order valence-corrected chi connectivity index (χ0v) is 12.1. The van der Waals surface area contributed by atoms with Crippen LogP contribution in [0.4, 0.5) is 11.5 Å². The number of nitrogens with zero attached hydrogens (tertiary/aromatic N) is 3. The van der Waals surface area contributed by atoms with E-state index in [1.165, 1.54) is 11.0 Å². The Hall–Kier alpha value is -2.23.